The smallest absolute Gasteiger partial charge is 0.253 e. The van der Waals surface area contributed by atoms with Gasteiger partial charge in [0.1, 0.15) is 11.0 Å². The summed E-state index contributed by atoms with van der Waals surface area (Å²) in [4.78, 5) is 44.5. The summed E-state index contributed by atoms with van der Waals surface area (Å²) >= 11 is 0. The molecule has 1 aromatic heterocycles. The first-order valence-corrected chi connectivity index (χ1v) is 16.1. The van der Waals surface area contributed by atoms with Crippen LogP contribution in [0.2, 0.25) is 0 Å². The number of pyridine rings is 1. The molecule has 2 aliphatic rings. The Balaban J connectivity index is 1.49. The van der Waals surface area contributed by atoms with Gasteiger partial charge in [-0.25, -0.2) is 4.21 Å². The Morgan fingerprint density at radius 1 is 0.976 bits per heavy atom. The minimum atomic E-state index is -1.09. The second-order valence-corrected chi connectivity index (χ2v) is 13.0. The van der Waals surface area contributed by atoms with Crippen LogP contribution in [0.3, 0.4) is 0 Å². The molecule has 3 N–H and O–H groups in total. The topological polar surface area (TPSA) is 111 Å². The van der Waals surface area contributed by atoms with Crippen LogP contribution in [-0.4, -0.2) is 32.8 Å². The van der Waals surface area contributed by atoms with E-state index < -0.39 is 11.0 Å². The van der Waals surface area contributed by atoms with Gasteiger partial charge in [0.25, 0.3) is 11.5 Å². The first-order chi connectivity index (χ1) is 20.2. The third-order valence-corrected chi connectivity index (χ3v) is 9.90. The number of benzene rings is 2. The van der Waals surface area contributed by atoms with Gasteiger partial charge in [-0.05, 0) is 106 Å². The molecule has 3 aromatic rings. The maximum Gasteiger partial charge on any atom is 0.253 e. The van der Waals surface area contributed by atoms with Crippen LogP contribution in [0, 0.1) is 26.7 Å². The summed E-state index contributed by atoms with van der Waals surface area (Å²) in [7, 11) is -1.09. The molecule has 2 aliphatic carbocycles. The number of nitrogens with zero attached hydrogens (tertiary/aromatic N) is 1. The van der Waals surface area contributed by atoms with E-state index in [1.165, 1.54) is 0 Å². The van der Waals surface area contributed by atoms with Gasteiger partial charge in [-0.3, -0.25) is 14.4 Å². The molecule has 42 heavy (non-hydrogen) atoms. The number of amides is 2. The average molecular weight is 589 g/mol. The van der Waals surface area contributed by atoms with Gasteiger partial charge in [0.05, 0.1) is 5.25 Å². The number of carbonyl (C=O) groups excluding carboxylic acids is 2. The Kier molecular flexibility index (Phi) is 8.96. The lowest BCUT2D eigenvalue weighted by atomic mass is 9.95. The Hall–Kier alpha value is -3.72. The highest BCUT2D eigenvalue weighted by atomic mass is 32.2. The Bertz CT molecular complexity index is 1570. The Morgan fingerprint density at radius 2 is 1.67 bits per heavy atom. The van der Waals surface area contributed by atoms with Crippen molar-refractivity contribution in [3.05, 3.63) is 80.8 Å². The largest absolute Gasteiger partial charge is 0.348 e. The minimum Gasteiger partial charge on any atom is -0.348 e. The number of H-pyrrole nitrogens is 1. The molecule has 2 saturated carbocycles. The van der Waals surface area contributed by atoms with E-state index in [2.05, 4.69) is 15.0 Å². The zero-order valence-electron chi connectivity index (χ0n) is 24.8. The van der Waals surface area contributed by atoms with E-state index in [4.69, 9.17) is 0 Å². The van der Waals surface area contributed by atoms with E-state index in [0.29, 0.717) is 17.7 Å². The van der Waals surface area contributed by atoms with E-state index in [0.717, 1.165) is 77.8 Å². The lowest BCUT2D eigenvalue weighted by molar-refractivity contribution is -0.122. The number of anilines is 2. The second kappa shape index (κ2) is 12.7. The van der Waals surface area contributed by atoms with Crippen LogP contribution in [-0.2, 0) is 22.3 Å². The van der Waals surface area contributed by atoms with Crippen molar-refractivity contribution in [1.29, 1.82) is 0 Å². The van der Waals surface area contributed by atoms with Crippen LogP contribution in [0.25, 0.3) is 11.1 Å². The van der Waals surface area contributed by atoms with E-state index in [1.807, 2.05) is 75.1 Å². The molecular weight excluding hydrogens is 548 g/mol. The zero-order chi connectivity index (χ0) is 30.0. The van der Waals surface area contributed by atoms with Crippen molar-refractivity contribution in [1.82, 2.24) is 10.3 Å². The average Bonchev–Trinajstić information content (AvgIpc) is 3.67. The summed E-state index contributed by atoms with van der Waals surface area (Å²) in [6.45, 7) is 8.12. The van der Waals surface area contributed by atoms with Crippen LogP contribution in [0.15, 0.2) is 47.3 Å². The van der Waals surface area contributed by atoms with Gasteiger partial charge < -0.3 is 19.9 Å². The van der Waals surface area contributed by atoms with E-state index in [9.17, 15) is 18.6 Å². The molecule has 2 fully saturated rings. The predicted molar refractivity (Wildman–Crippen MR) is 169 cm³/mol. The normalized spacial score (nSPS) is 15.8. The van der Waals surface area contributed by atoms with Crippen molar-refractivity contribution in [3.63, 3.8) is 0 Å². The van der Waals surface area contributed by atoms with Crippen LogP contribution in [0.5, 0.6) is 0 Å². The lowest BCUT2D eigenvalue weighted by Crippen LogP contribution is -2.36. The monoisotopic (exact) mass is 588 g/mol. The molecule has 9 heteroatoms. The van der Waals surface area contributed by atoms with E-state index in [1.54, 1.807) is 0 Å². The van der Waals surface area contributed by atoms with Crippen molar-refractivity contribution >= 4 is 34.2 Å². The van der Waals surface area contributed by atoms with Crippen molar-refractivity contribution in [2.24, 2.45) is 5.92 Å². The fraction of sp³-hybridized carbons (Fsp3) is 0.424. The molecule has 0 aliphatic heterocycles. The first-order valence-electron chi connectivity index (χ1n) is 14.9. The summed E-state index contributed by atoms with van der Waals surface area (Å²) in [5, 5.41) is 3.17. The molecule has 1 unspecified atom stereocenters. The lowest BCUT2D eigenvalue weighted by Gasteiger charge is -2.28. The fourth-order valence-electron chi connectivity index (χ4n) is 5.80. The van der Waals surface area contributed by atoms with E-state index in [-0.39, 0.29) is 35.1 Å². The molecule has 1 atom stereocenters. The maximum atomic E-state index is 13.7. The summed E-state index contributed by atoms with van der Waals surface area (Å²) in [6.07, 6.45) is 5.87. The van der Waals surface area contributed by atoms with Crippen LogP contribution in [0.1, 0.15) is 78.2 Å². The third-order valence-electron chi connectivity index (χ3n) is 8.39. The molecular formula is C33H40N4O4S. The summed E-state index contributed by atoms with van der Waals surface area (Å²) in [5.74, 6) is -0.206. The van der Waals surface area contributed by atoms with Gasteiger partial charge in [-0.2, -0.15) is 0 Å². The molecule has 0 saturated heterocycles. The number of hydrogen-bond donors (Lipinski definition) is 3. The summed E-state index contributed by atoms with van der Waals surface area (Å²) in [6, 6.07) is 13.4. The van der Waals surface area contributed by atoms with Crippen molar-refractivity contribution in [2.75, 3.05) is 16.2 Å². The first kappa shape index (κ1) is 29.8. The number of aromatic nitrogens is 1. The highest BCUT2D eigenvalue weighted by Gasteiger charge is 2.30. The van der Waals surface area contributed by atoms with Gasteiger partial charge in [0.15, 0.2) is 0 Å². The van der Waals surface area contributed by atoms with Crippen molar-refractivity contribution in [3.8, 4) is 11.1 Å². The number of aromatic amines is 1. The Labute approximate surface area is 249 Å². The fourth-order valence-corrected chi connectivity index (χ4v) is 6.90. The molecule has 2 aromatic carbocycles. The molecule has 8 nitrogen and oxygen atoms in total. The predicted octanol–water partition coefficient (Wildman–Crippen LogP) is 5.68. The van der Waals surface area contributed by atoms with E-state index >= 15 is 0 Å². The maximum absolute atomic E-state index is 13.7. The summed E-state index contributed by atoms with van der Waals surface area (Å²) in [5.41, 5.74) is 6.25. The van der Waals surface area contributed by atoms with Gasteiger partial charge >= 0.3 is 0 Å². The number of aryl methyl sites for hydroxylation is 2. The molecule has 0 spiro atoms. The standard InChI is InChI=1S/C33H40N4O4S/c1-5-37(33(40)24-8-6-7-9-24)30-18-25(23-10-12-26(13-11-23)36-42(41)27-14-15-27)17-28(22(30)4)31(38)34-19-29-20(2)16-21(3)35-32(29)39/h10-13,16-18,24,27,36H,5-9,14-15,19H2,1-4H3,(H,34,38)(H,35,39). The van der Waals surface area contributed by atoms with Crippen LogP contribution in [0.4, 0.5) is 11.4 Å². The van der Waals surface area contributed by atoms with Crippen LogP contribution >= 0.6 is 0 Å². The molecule has 5 rings (SSSR count). The SMILES string of the molecule is CCN(C(=O)C1CCCC1)c1cc(-c2ccc(NS(=O)C3CC3)cc2)cc(C(=O)NCc2c(C)cc(C)[nH]c2=O)c1C. The number of rotatable bonds is 10. The van der Waals surface area contributed by atoms with Gasteiger partial charge in [0, 0.05) is 47.2 Å². The molecule has 2 amide bonds. The second-order valence-electron chi connectivity index (χ2n) is 11.5. The number of nitrogens with one attached hydrogen (secondary N) is 3. The minimum absolute atomic E-state index is 0.000726. The summed E-state index contributed by atoms with van der Waals surface area (Å²) < 4.78 is 15.4. The van der Waals surface area contributed by atoms with Gasteiger partial charge in [-0.1, -0.05) is 25.0 Å². The van der Waals surface area contributed by atoms with Crippen molar-refractivity contribution in [2.45, 2.75) is 78.0 Å². The van der Waals surface area contributed by atoms with Crippen LogP contribution < -0.4 is 20.5 Å². The molecule has 0 radical (unpaired) electrons. The van der Waals surface area contributed by atoms with Gasteiger partial charge in [-0.15, -0.1) is 0 Å². The highest BCUT2D eigenvalue weighted by Crippen LogP contribution is 2.35. The molecule has 0 bridgehead atoms. The number of hydrogen-bond acceptors (Lipinski definition) is 4. The quantitative estimate of drug-likeness (QED) is 0.283. The third kappa shape index (κ3) is 6.51. The number of carbonyl (C=O) groups is 2. The molecule has 1 heterocycles. The Morgan fingerprint density at radius 3 is 2.29 bits per heavy atom. The highest BCUT2D eigenvalue weighted by molar-refractivity contribution is 7.87. The van der Waals surface area contributed by atoms with Crippen molar-refractivity contribution < 1.29 is 13.8 Å². The van der Waals surface area contributed by atoms with Gasteiger partial charge in [0.2, 0.25) is 5.91 Å². The molecule has 222 valence electrons. The zero-order valence-corrected chi connectivity index (χ0v) is 25.7.